The molecule has 0 radical (unpaired) electrons. The van der Waals surface area contributed by atoms with Crippen molar-refractivity contribution in [3.05, 3.63) is 48.0 Å². The van der Waals surface area contributed by atoms with Gasteiger partial charge in [0, 0.05) is 26.1 Å². The lowest BCUT2D eigenvalue weighted by Crippen LogP contribution is -2.51. The highest BCUT2D eigenvalue weighted by Crippen LogP contribution is 2.36. The van der Waals surface area contributed by atoms with E-state index in [9.17, 15) is 4.79 Å². The highest BCUT2D eigenvalue weighted by molar-refractivity contribution is 5.83. The zero-order valence-corrected chi connectivity index (χ0v) is 14.9. The summed E-state index contributed by atoms with van der Waals surface area (Å²) < 4.78 is 5.73. The van der Waals surface area contributed by atoms with Crippen LogP contribution in [0.15, 0.2) is 42.5 Å². The Hall–Kier alpha value is -1.61. The van der Waals surface area contributed by atoms with E-state index in [0.29, 0.717) is 11.8 Å². The first-order valence-electron chi connectivity index (χ1n) is 9.13. The lowest BCUT2D eigenvalue weighted by Gasteiger charge is -2.42. The van der Waals surface area contributed by atoms with E-state index in [1.165, 1.54) is 5.56 Å². The lowest BCUT2D eigenvalue weighted by atomic mass is 9.77. The van der Waals surface area contributed by atoms with Gasteiger partial charge in [-0.25, -0.2) is 0 Å². The molecule has 0 bridgehead atoms. The summed E-state index contributed by atoms with van der Waals surface area (Å²) in [6, 6.07) is 10.5. The van der Waals surface area contributed by atoms with Gasteiger partial charge in [0.25, 0.3) is 0 Å². The molecule has 0 aromatic heterocycles. The van der Waals surface area contributed by atoms with Gasteiger partial charge < -0.3 is 9.64 Å². The second-order valence-electron chi connectivity index (χ2n) is 7.54. The summed E-state index contributed by atoms with van der Waals surface area (Å²) in [6.07, 6.45) is 9.38. The highest BCUT2D eigenvalue weighted by atomic mass is 16.5. The number of hydrogen-bond acceptors (Lipinski definition) is 2. The fraction of sp³-hybridized carbons (Fsp3) is 0.571. The summed E-state index contributed by atoms with van der Waals surface area (Å²) in [5, 5.41) is 0. The normalized spacial score (nSPS) is 30.3. The zero-order valence-electron chi connectivity index (χ0n) is 14.9. The third kappa shape index (κ3) is 3.72. The van der Waals surface area contributed by atoms with E-state index in [2.05, 4.69) is 48.2 Å². The van der Waals surface area contributed by atoms with Crippen LogP contribution < -0.4 is 0 Å². The molecule has 3 nitrogen and oxygen atoms in total. The minimum Gasteiger partial charge on any atom is -0.381 e. The van der Waals surface area contributed by atoms with Crippen molar-refractivity contribution in [2.45, 2.75) is 45.1 Å². The summed E-state index contributed by atoms with van der Waals surface area (Å²) in [5.74, 6) is 0.706. The highest BCUT2D eigenvalue weighted by Gasteiger charge is 2.40. The standard InChI is InChI=1S/C21H29NO2/c1-21(12-7-4-8-13-21)20(23)22-14-11-19(24-2)18(16-22)15-17-9-5-3-6-10-17/h3-7,9-10,18-19H,8,11-16H2,1-2H3/t18-,19-,21?/m1/s1. The summed E-state index contributed by atoms with van der Waals surface area (Å²) >= 11 is 0. The number of nitrogens with zero attached hydrogens (tertiary/aromatic N) is 1. The van der Waals surface area contributed by atoms with Gasteiger partial charge in [0.15, 0.2) is 0 Å². The van der Waals surface area contributed by atoms with Crippen molar-refractivity contribution in [3.63, 3.8) is 0 Å². The minimum atomic E-state index is -0.216. The molecule has 130 valence electrons. The Morgan fingerprint density at radius 1 is 1.29 bits per heavy atom. The number of hydrogen-bond donors (Lipinski definition) is 0. The van der Waals surface area contributed by atoms with Crippen molar-refractivity contribution in [2.24, 2.45) is 11.3 Å². The molecule has 0 N–H and O–H groups in total. The van der Waals surface area contributed by atoms with Gasteiger partial charge in [0.2, 0.25) is 5.91 Å². The fourth-order valence-corrected chi connectivity index (χ4v) is 4.16. The molecule has 3 rings (SSSR count). The molecule has 0 saturated carbocycles. The SMILES string of the molecule is CO[C@@H]1CCN(C(=O)C2(C)CC=CCC2)C[C@H]1Cc1ccccc1. The van der Waals surface area contributed by atoms with Gasteiger partial charge in [0.05, 0.1) is 11.5 Å². The van der Waals surface area contributed by atoms with E-state index in [-0.39, 0.29) is 11.5 Å². The van der Waals surface area contributed by atoms with Gasteiger partial charge in [0.1, 0.15) is 0 Å². The number of benzene rings is 1. The third-order valence-corrected chi connectivity index (χ3v) is 5.71. The molecule has 1 heterocycles. The van der Waals surface area contributed by atoms with Crippen LogP contribution in [0.25, 0.3) is 0 Å². The maximum Gasteiger partial charge on any atom is 0.228 e. The average molecular weight is 327 g/mol. The summed E-state index contributed by atoms with van der Waals surface area (Å²) in [4.78, 5) is 15.2. The zero-order chi connectivity index (χ0) is 17.0. The van der Waals surface area contributed by atoms with Crippen molar-refractivity contribution in [3.8, 4) is 0 Å². The molecule has 1 aromatic rings. The molecule has 1 aliphatic carbocycles. The van der Waals surface area contributed by atoms with Crippen LogP contribution in [0, 0.1) is 11.3 Å². The predicted molar refractivity (Wildman–Crippen MR) is 96.7 cm³/mol. The Morgan fingerprint density at radius 2 is 2.08 bits per heavy atom. The molecular formula is C21H29NO2. The van der Waals surface area contributed by atoms with E-state index in [0.717, 1.165) is 45.2 Å². The maximum atomic E-state index is 13.1. The Balaban J connectivity index is 1.70. The van der Waals surface area contributed by atoms with E-state index in [4.69, 9.17) is 4.74 Å². The number of ether oxygens (including phenoxy) is 1. The van der Waals surface area contributed by atoms with E-state index >= 15 is 0 Å². The van der Waals surface area contributed by atoms with Crippen LogP contribution in [-0.4, -0.2) is 37.1 Å². The third-order valence-electron chi connectivity index (χ3n) is 5.71. The van der Waals surface area contributed by atoms with Crippen LogP contribution in [0.2, 0.25) is 0 Å². The van der Waals surface area contributed by atoms with Gasteiger partial charge in [-0.2, -0.15) is 0 Å². The topological polar surface area (TPSA) is 29.5 Å². The van der Waals surface area contributed by atoms with Crippen LogP contribution >= 0.6 is 0 Å². The van der Waals surface area contributed by atoms with E-state index in [1.807, 2.05) is 6.07 Å². The second-order valence-corrected chi connectivity index (χ2v) is 7.54. The first kappa shape index (κ1) is 17.2. The molecule has 1 aliphatic heterocycles. The summed E-state index contributed by atoms with van der Waals surface area (Å²) in [7, 11) is 1.80. The smallest absolute Gasteiger partial charge is 0.228 e. The number of rotatable bonds is 4. The fourth-order valence-electron chi connectivity index (χ4n) is 4.16. The van der Waals surface area contributed by atoms with E-state index in [1.54, 1.807) is 7.11 Å². The van der Waals surface area contributed by atoms with Gasteiger partial charge in [-0.15, -0.1) is 0 Å². The number of piperidine rings is 1. The number of likely N-dealkylation sites (tertiary alicyclic amines) is 1. The van der Waals surface area contributed by atoms with Crippen molar-refractivity contribution in [1.82, 2.24) is 4.90 Å². The number of allylic oxidation sites excluding steroid dienone is 2. The molecular weight excluding hydrogens is 298 g/mol. The first-order valence-corrected chi connectivity index (χ1v) is 9.13. The molecule has 1 saturated heterocycles. The van der Waals surface area contributed by atoms with Crippen molar-refractivity contribution in [1.29, 1.82) is 0 Å². The molecule has 0 spiro atoms. The Morgan fingerprint density at radius 3 is 2.75 bits per heavy atom. The summed E-state index contributed by atoms with van der Waals surface area (Å²) in [5.41, 5.74) is 1.11. The van der Waals surface area contributed by atoms with Gasteiger partial charge in [-0.05, 0) is 37.7 Å². The van der Waals surface area contributed by atoms with Crippen LogP contribution in [0.3, 0.4) is 0 Å². The van der Waals surface area contributed by atoms with E-state index < -0.39 is 0 Å². The van der Waals surface area contributed by atoms with Gasteiger partial charge in [-0.1, -0.05) is 49.4 Å². The summed E-state index contributed by atoms with van der Waals surface area (Å²) in [6.45, 7) is 3.76. The lowest BCUT2D eigenvalue weighted by molar-refractivity contribution is -0.146. The molecule has 24 heavy (non-hydrogen) atoms. The van der Waals surface area contributed by atoms with Gasteiger partial charge >= 0.3 is 0 Å². The van der Waals surface area contributed by atoms with Crippen LogP contribution in [0.4, 0.5) is 0 Å². The number of carbonyl (C=O) groups excluding carboxylic acids is 1. The van der Waals surface area contributed by atoms with Crippen LogP contribution in [-0.2, 0) is 16.0 Å². The van der Waals surface area contributed by atoms with Crippen molar-refractivity contribution < 1.29 is 9.53 Å². The number of methoxy groups -OCH3 is 1. The molecule has 1 aromatic carbocycles. The number of carbonyl (C=O) groups is 1. The average Bonchev–Trinajstić information content (AvgIpc) is 2.62. The number of amides is 1. The minimum absolute atomic E-state index is 0.216. The Bertz CT molecular complexity index is 583. The van der Waals surface area contributed by atoms with Crippen LogP contribution in [0.5, 0.6) is 0 Å². The quantitative estimate of drug-likeness (QED) is 0.786. The molecule has 1 unspecified atom stereocenters. The van der Waals surface area contributed by atoms with Crippen LogP contribution in [0.1, 0.15) is 38.2 Å². The molecule has 2 aliphatic rings. The maximum absolute atomic E-state index is 13.1. The molecule has 1 amide bonds. The Kier molecular flexibility index (Phi) is 5.40. The van der Waals surface area contributed by atoms with Crippen molar-refractivity contribution in [2.75, 3.05) is 20.2 Å². The van der Waals surface area contributed by atoms with Crippen molar-refractivity contribution >= 4 is 5.91 Å². The molecule has 3 atom stereocenters. The monoisotopic (exact) mass is 327 g/mol. The van der Waals surface area contributed by atoms with Gasteiger partial charge in [-0.3, -0.25) is 4.79 Å². The largest absolute Gasteiger partial charge is 0.381 e. The first-order chi connectivity index (χ1) is 11.6. The second kappa shape index (κ2) is 7.52. The Labute approximate surface area is 145 Å². The molecule has 1 fully saturated rings. The predicted octanol–water partition coefficient (Wildman–Crippen LogP) is 3.84. The molecule has 3 heteroatoms.